The van der Waals surface area contributed by atoms with Crippen molar-refractivity contribution < 1.29 is 14.5 Å². The Kier molecular flexibility index (Phi) is 6.28. The van der Waals surface area contributed by atoms with Gasteiger partial charge in [-0.3, -0.25) is 20.2 Å². The fraction of sp³-hybridized carbons (Fsp3) is 0.560. The number of nitrogens with one attached hydrogen (secondary N) is 1. The molecule has 31 heavy (non-hydrogen) atoms. The van der Waals surface area contributed by atoms with Gasteiger partial charge in [0.05, 0.1) is 18.6 Å². The number of nitrogens with zero attached hydrogens (tertiary/aromatic N) is 1. The van der Waals surface area contributed by atoms with Crippen LogP contribution in [0.5, 0.6) is 0 Å². The molecule has 0 amide bonds. The average Bonchev–Trinajstić information content (AvgIpc) is 3.30. The summed E-state index contributed by atoms with van der Waals surface area (Å²) in [5.74, 6) is -0.724. The lowest BCUT2D eigenvalue weighted by Gasteiger charge is -2.29. The van der Waals surface area contributed by atoms with Crippen molar-refractivity contribution >= 4 is 5.97 Å². The van der Waals surface area contributed by atoms with Crippen LogP contribution in [0.4, 0.5) is 0 Å². The minimum Gasteiger partial charge on any atom is -0.464 e. The molecule has 0 bridgehead atoms. The molecule has 2 saturated heterocycles. The lowest BCUT2D eigenvalue weighted by atomic mass is 9.74. The molecule has 0 saturated carbocycles. The molecule has 1 aliphatic carbocycles. The summed E-state index contributed by atoms with van der Waals surface area (Å²) in [5, 5.41) is 15.8. The van der Waals surface area contributed by atoms with Crippen molar-refractivity contribution in [2.75, 3.05) is 6.61 Å². The first-order valence-electron chi connectivity index (χ1n) is 11.4. The van der Waals surface area contributed by atoms with E-state index in [1.54, 1.807) is 0 Å². The molecular weight excluding hydrogens is 392 g/mol. The average molecular weight is 425 g/mol. The largest absolute Gasteiger partial charge is 0.464 e. The quantitative estimate of drug-likeness (QED) is 0.314. The van der Waals surface area contributed by atoms with E-state index >= 15 is 0 Å². The maximum Gasteiger partial charge on any atom is 0.327 e. The highest BCUT2D eigenvalue weighted by Crippen LogP contribution is 2.48. The van der Waals surface area contributed by atoms with Crippen LogP contribution in [0, 0.1) is 16.0 Å². The molecule has 0 aromatic heterocycles. The first-order valence-corrected chi connectivity index (χ1v) is 11.4. The highest BCUT2D eigenvalue weighted by molar-refractivity contribution is 5.85. The monoisotopic (exact) mass is 424 g/mol. The van der Waals surface area contributed by atoms with Crippen LogP contribution < -0.4 is 5.32 Å². The predicted molar refractivity (Wildman–Crippen MR) is 119 cm³/mol. The summed E-state index contributed by atoms with van der Waals surface area (Å²) in [6.45, 7) is 4.54. The Morgan fingerprint density at radius 3 is 2.68 bits per heavy atom. The Bertz CT molecular complexity index is 890. The van der Waals surface area contributed by atoms with E-state index in [1.165, 1.54) is 11.1 Å². The fourth-order valence-electron chi connectivity index (χ4n) is 5.72. The van der Waals surface area contributed by atoms with E-state index in [1.807, 2.05) is 30.3 Å². The van der Waals surface area contributed by atoms with Gasteiger partial charge in [-0.2, -0.15) is 0 Å². The lowest BCUT2D eigenvalue weighted by Crippen LogP contribution is -2.51. The molecular formula is C25H32N2O4. The number of nitro groups is 1. The third-order valence-corrected chi connectivity index (χ3v) is 7.23. The van der Waals surface area contributed by atoms with Crippen LogP contribution in [0.3, 0.4) is 0 Å². The summed E-state index contributed by atoms with van der Waals surface area (Å²) in [5.41, 5.74) is 2.61. The smallest absolute Gasteiger partial charge is 0.327 e. The second-order valence-corrected chi connectivity index (χ2v) is 9.41. The van der Waals surface area contributed by atoms with E-state index in [2.05, 4.69) is 31.3 Å². The Labute approximate surface area is 183 Å². The van der Waals surface area contributed by atoms with E-state index in [4.69, 9.17) is 4.74 Å². The van der Waals surface area contributed by atoms with Crippen molar-refractivity contribution in [3.63, 3.8) is 0 Å². The highest BCUT2D eigenvalue weighted by atomic mass is 16.6. The van der Waals surface area contributed by atoms with E-state index in [9.17, 15) is 14.9 Å². The molecule has 1 unspecified atom stereocenters. The van der Waals surface area contributed by atoms with E-state index in [0.29, 0.717) is 13.0 Å². The van der Waals surface area contributed by atoms with Gasteiger partial charge < -0.3 is 4.74 Å². The molecule has 2 aliphatic heterocycles. The number of benzene rings is 1. The van der Waals surface area contributed by atoms with E-state index < -0.39 is 17.5 Å². The van der Waals surface area contributed by atoms with Crippen molar-refractivity contribution in [1.29, 1.82) is 0 Å². The molecule has 5 atom stereocenters. The predicted octanol–water partition coefficient (Wildman–Crippen LogP) is 4.55. The maximum absolute atomic E-state index is 12.9. The minimum atomic E-state index is -1.00. The van der Waals surface area contributed by atoms with Crippen LogP contribution in [0.1, 0.15) is 63.9 Å². The first kappa shape index (κ1) is 21.8. The Morgan fingerprint density at radius 1 is 1.32 bits per heavy atom. The van der Waals surface area contributed by atoms with Gasteiger partial charge in [-0.25, -0.2) is 0 Å². The normalized spacial score (nSPS) is 32.6. The number of allylic oxidation sites excluding steroid dienone is 4. The second kappa shape index (κ2) is 8.95. The Morgan fingerprint density at radius 2 is 2.10 bits per heavy atom. The molecule has 6 nitrogen and oxygen atoms in total. The number of cyclic esters (lactones) is 1. The molecule has 3 aliphatic rings. The van der Waals surface area contributed by atoms with E-state index in [0.717, 1.165) is 37.7 Å². The first-order chi connectivity index (χ1) is 14.9. The van der Waals surface area contributed by atoms with Gasteiger partial charge in [0.2, 0.25) is 6.04 Å². The van der Waals surface area contributed by atoms with Gasteiger partial charge in [0, 0.05) is 11.3 Å². The zero-order valence-electron chi connectivity index (χ0n) is 18.4. The van der Waals surface area contributed by atoms with Crippen molar-refractivity contribution in [3.05, 3.63) is 69.3 Å². The standard InChI is InChI=1S/C25H32N2O4/c1-17(2)7-6-8-18-11-13-20(14-12-18)22-23(27(29)30)21(19-9-4-3-5-10-19)25(26-22)15-16-31-24(25)28/h3-5,7,9-11,20-23,26H,6,8,12-16H2,1-2H3/t20?,21-,22-,23-,25-/m1/s1. The molecule has 1 aromatic carbocycles. The Hall–Kier alpha value is -2.47. The molecule has 2 fully saturated rings. The van der Waals surface area contributed by atoms with Crippen molar-refractivity contribution in [2.24, 2.45) is 5.92 Å². The van der Waals surface area contributed by atoms with Gasteiger partial charge in [0.15, 0.2) is 0 Å². The zero-order chi connectivity index (χ0) is 22.0. The van der Waals surface area contributed by atoms with Crippen molar-refractivity contribution in [1.82, 2.24) is 5.32 Å². The molecule has 4 rings (SSSR count). The van der Waals surface area contributed by atoms with Crippen LogP contribution in [-0.4, -0.2) is 35.1 Å². The molecule has 6 heteroatoms. The molecule has 166 valence electrons. The molecule has 2 heterocycles. The summed E-state index contributed by atoms with van der Waals surface area (Å²) < 4.78 is 5.35. The Balaban J connectivity index is 1.60. The summed E-state index contributed by atoms with van der Waals surface area (Å²) >= 11 is 0. The van der Waals surface area contributed by atoms with Crippen LogP contribution in [0.15, 0.2) is 53.6 Å². The maximum atomic E-state index is 12.9. The topological polar surface area (TPSA) is 81.5 Å². The van der Waals surface area contributed by atoms with Crippen LogP contribution in [0.25, 0.3) is 0 Å². The number of carbonyl (C=O) groups excluding carboxylic acids is 1. The van der Waals surface area contributed by atoms with E-state index in [-0.39, 0.29) is 22.9 Å². The van der Waals surface area contributed by atoms with Crippen molar-refractivity contribution in [2.45, 2.75) is 75.9 Å². The number of ether oxygens (including phenoxy) is 1. The number of hydrogen-bond donors (Lipinski definition) is 1. The highest BCUT2D eigenvalue weighted by Gasteiger charge is 2.66. The van der Waals surface area contributed by atoms with Gasteiger partial charge in [0.1, 0.15) is 5.54 Å². The molecule has 1 spiro atoms. The van der Waals surface area contributed by atoms with Crippen LogP contribution in [-0.2, 0) is 9.53 Å². The molecule has 1 aromatic rings. The third kappa shape index (κ3) is 4.18. The fourth-order valence-corrected chi connectivity index (χ4v) is 5.72. The summed E-state index contributed by atoms with van der Waals surface area (Å²) in [6, 6.07) is 8.28. The third-order valence-electron chi connectivity index (χ3n) is 7.23. The minimum absolute atomic E-state index is 0.140. The summed E-state index contributed by atoms with van der Waals surface area (Å²) in [7, 11) is 0. The number of rotatable bonds is 6. The molecule has 1 N–H and O–H groups in total. The second-order valence-electron chi connectivity index (χ2n) is 9.41. The number of hydrogen-bond acceptors (Lipinski definition) is 5. The van der Waals surface area contributed by atoms with Gasteiger partial charge in [0.25, 0.3) is 0 Å². The molecule has 0 radical (unpaired) electrons. The van der Waals surface area contributed by atoms with Gasteiger partial charge in [-0.15, -0.1) is 0 Å². The van der Waals surface area contributed by atoms with Crippen LogP contribution >= 0.6 is 0 Å². The van der Waals surface area contributed by atoms with Gasteiger partial charge in [-0.05, 0) is 57.4 Å². The summed E-state index contributed by atoms with van der Waals surface area (Å²) in [6.07, 6.45) is 9.81. The number of carbonyl (C=O) groups is 1. The summed E-state index contributed by atoms with van der Waals surface area (Å²) in [4.78, 5) is 25.1. The lowest BCUT2D eigenvalue weighted by molar-refractivity contribution is -0.528. The van der Waals surface area contributed by atoms with Crippen molar-refractivity contribution in [3.8, 4) is 0 Å². The van der Waals surface area contributed by atoms with Gasteiger partial charge >= 0.3 is 5.97 Å². The SMILES string of the molecule is CC(C)=CCCC1=CCC([C@H]2N[C@]3(CCOC3=O)[C@H](c3ccccc3)[C@H]2[N+](=O)[O-])CC1. The zero-order valence-corrected chi connectivity index (χ0v) is 18.4. The van der Waals surface area contributed by atoms with Crippen LogP contribution in [0.2, 0.25) is 0 Å². The van der Waals surface area contributed by atoms with Gasteiger partial charge in [-0.1, -0.05) is 53.6 Å². The number of esters is 1.